The zero-order valence-corrected chi connectivity index (χ0v) is 19.3. The van der Waals surface area contributed by atoms with E-state index >= 15 is 0 Å². The van der Waals surface area contributed by atoms with E-state index in [1.165, 1.54) is 22.5 Å². The van der Waals surface area contributed by atoms with Crippen molar-refractivity contribution in [1.29, 1.82) is 0 Å². The largest absolute Gasteiger partial charge is 0.484 e. The number of amides is 2. The van der Waals surface area contributed by atoms with Crippen LogP contribution in [0.15, 0.2) is 47.4 Å². The Kier molecular flexibility index (Phi) is 7.18. The molecule has 0 bridgehead atoms. The normalized spacial score (nSPS) is 16.8. The highest BCUT2D eigenvalue weighted by Gasteiger charge is 2.30. The van der Waals surface area contributed by atoms with Crippen LogP contribution in [0.5, 0.6) is 5.75 Å². The maximum atomic E-state index is 12.9. The van der Waals surface area contributed by atoms with Crippen molar-refractivity contribution in [2.75, 3.05) is 43.5 Å². The van der Waals surface area contributed by atoms with Crippen LogP contribution in [0.25, 0.3) is 0 Å². The summed E-state index contributed by atoms with van der Waals surface area (Å²) in [6.45, 7) is 0.812. The van der Waals surface area contributed by atoms with Crippen LogP contribution in [-0.4, -0.2) is 57.4 Å². The first-order chi connectivity index (χ1) is 15.8. The van der Waals surface area contributed by atoms with Crippen molar-refractivity contribution in [2.45, 2.75) is 17.7 Å². The predicted molar refractivity (Wildman–Crippen MR) is 123 cm³/mol. The second kappa shape index (κ2) is 10.1. The minimum Gasteiger partial charge on any atom is -0.484 e. The number of benzene rings is 2. The summed E-state index contributed by atoms with van der Waals surface area (Å²) >= 11 is 6.15. The molecule has 9 nitrogen and oxygen atoms in total. The Bertz CT molecular complexity index is 1150. The quantitative estimate of drug-likeness (QED) is 0.584. The topological polar surface area (TPSA) is 114 Å². The molecule has 2 aliphatic rings. The Labute approximate surface area is 197 Å². The molecule has 2 fully saturated rings. The van der Waals surface area contributed by atoms with Gasteiger partial charge in [0.2, 0.25) is 15.9 Å². The Morgan fingerprint density at radius 1 is 1.06 bits per heavy atom. The Balaban J connectivity index is 1.37. The average molecular weight is 494 g/mol. The minimum absolute atomic E-state index is 0.0181. The molecule has 11 heteroatoms. The summed E-state index contributed by atoms with van der Waals surface area (Å²) in [6.07, 6.45) is 1.81. The highest BCUT2D eigenvalue weighted by molar-refractivity contribution is 7.89. The molecule has 0 aromatic heterocycles. The molecular formula is C22H24ClN3O6S. The molecule has 2 amide bonds. The van der Waals surface area contributed by atoms with Crippen molar-refractivity contribution in [3.63, 3.8) is 0 Å². The van der Waals surface area contributed by atoms with Gasteiger partial charge in [0.25, 0.3) is 5.91 Å². The molecule has 4 rings (SSSR count). The zero-order valence-electron chi connectivity index (χ0n) is 17.8. The Hall–Kier alpha value is -2.66. The van der Waals surface area contributed by atoms with Gasteiger partial charge in [0.05, 0.1) is 18.2 Å². The summed E-state index contributed by atoms with van der Waals surface area (Å²) in [7, 11) is -3.82. The van der Waals surface area contributed by atoms with Crippen molar-refractivity contribution in [3.05, 3.63) is 47.5 Å². The first-order valence-electron chi connectivity index (χ1n) is 10.5. The fourth-order valence-electron chi connectivity index (χ4n) is 3.30. The lowest BCUT2D eigenvalue weighted by atomic mass is 10.3. The van der Waals surface area contributed by atoms with Crippen LogP contribution >= 0.6 is 11.6 Å². The number of anilines is 2. The number of ether oxygens (including phenoxy) is 2. The fraction of sp³-hybridized carbons (Fsp3) is 0.364. The van der Waals surface area contributed by atoms with Gasteiger partial charge in [-0.15, -0.1) is 0 Å². The minimum atomic E-state index is -3.82. The number of carbonyl (C=O) groups excluding carboxylic acids is 2. The van der Waals surface area contributed by atoms with Gasteiger partial charge in [-0.1, -0.05) is 17.7 Å². The first kappa shape index (κ1) is 23.5. The molecule has 33 heavy (non-hydrogen) atoms. The predicted octanol–water partition coefficient (Wildman–Crippen LogP) is 2.73. The number of halogens is 1. The monoisotopic (exact) mass is 493 g/mol. The van der Waals surface area contributed by atoms with E-state index in [4.69, 9.17) is 21.1 Å². The van der Waals surface area contributed by atoms with E-state index in [9.17, 15) is 18.0 Å². The number of hydrogen-bond donors (Lipinski definition) is 2. The number of morpholine rings is 1. The van der Waals surface area contributed by atoms with E-state index in [1.54, 1.807) is 24.3 Å². The molecule has 0 spiro atoms. The average Bonchev–Trinajstić information content (AvgIpc) is 3.65. The van der Waals surface area contributed by atoms with Crippen molar-refractivity contribution in [3.8, 4) is 5.75 Å². The van der Waals surface area contributed by atoms with Crippen molar-refractivity contribution in [2.24, 2.45) is 5.92 Å². The van der Waals surface area contributed by atoms with Gasteiger partial charge in [-0.05, 0) is 43.2 Å². The highest BCUT2D eigenvalue weighted by Crippen LogP contribution is 2.31. The molecule has 0 unspecified atom stereocenters. The summed E-state index contributed by atoms with van der Waals surface area (Å²) in [5.74, 6) is 0.0112. The van der Waals surface area contributed by atoms with E-state index in [0.29, 0.717) is 24.7 Å². The summed E-state index contributed by atoms with van der Waals surface area (Å²) in [4.78, 5) is 24.2. The van der Waals surface area contributed by atoms with E-state index in [0.717, 1.165) is 12.8 Å². The van der Waals surface area contributed by atoms with Gasteiger partial charge in [-0.25, -0.2) is 8.42 Å². The molecule has 1 aliphatic carbocycles. The molecular weight excluding hydrogens is 470 g/mol. The molecule has 1 saturated heterocycles. The van der Waals surface area contributed by atoms with E-state index in [1.807, 2.05) is 0 Å². The molecule has 2 aromatic carbocycles. The third-order valence-electron chi connectivity index (χ3n) is 5.22. The summed E-state index contributed by atoms with van der Waals surface area (Å²) in [6, 6.07) is 11.1. The first-order valence-corrected chi connectivity index (χ1v) is 12.4. The van der Waals surface area contributed by atoms with E-state index in [2.05, 4.69) is 10.6 Å². The smallest absolute Gasteiger partial charge is 0.262 e. The summed E-state index contributed by atoms with van der Waals surface area (Å²) in [5.41, 5.74) is 0.880. The molecule has 2 N–H and O–H groups in total. The van der Waals surface area contributed by atoms with Crippen LogP contribution < -0.4 is 15.4 Å². The number of hydrogen-bond acceptors (Lipinski definition) is 6. The Morgan fingerprint density at radius 3 is 2.52 bits per heavy atom. The van der Waals surface area contributed by atoms with E-state index in [-0.39, 0.29) is 47.1 Å². The maximum absolute atomic E-state index is 12.9. The lowest BCUT2D eigenvalue weighted by Crippen LogP contribution is -2.40. The number of rotatable bonds is 8. The maximum Gasteiger partial charge on any atom is 0.262 e. The zero-order chi connectivity index (χ0) is 23.4. The summed E-state index contributed by atoms with van der Waals surface area (Å²) in [5, 5.41) is 5.52. The molecule has 1 aliphatic heterocycles. The highest BCUT2D eigenvalue weighted by atomic mass is 35.5. The second-order valence-electron chi connectivity index (χ2n) is 7.79. The van der Waals surface area contributed by atoms with Crippen LogP contribution in [0.1, 0.15) is 12.8 Å². The summed E-state index contributed by atoms with van der Waals surface area (Å²) < 4.78 is 37.9. The van der Waals surface area contributed by atoms with Gasteiger partial charge in [-0.3, -0.25) is 9.59 Å². The molecule has 0 atom stereocenters. The van der Waals surface area contributed by atoms with Crippen LogP contribution in [0.4, 0.5) is 11.4 Å². The number of nitrogens with zero attached hydrogens (tertiary/aromatic N) is 1. The van der Waals surface area contributed by atoms with Crippen LogP contribution in [0, 0.1) is 5.92 Å². The number of nitrogens with one attached hydrogen (secondary N) is 2. The molecule has 176 valence electrons. The molecule has 1 heterocycles. The van der Waals surface area contributed by atoms with E-state index < -0.39 is 15.9 Å². The van der Waals surface area contributed by atoms with Gasteiger partial charge in [0.1, 0.15) is 10.6 Å². The van der Waals surface area contributed by atoms with Gasteiger partial charge < -0.3 is 20.1 Å². The van der Waals surface area contributed by atoms with Crippen molar-refractivity contribution < 1.29 is 27.5 Å². The Morgan fingerprint density at radius 2 is 1.79 bits per heavy atom. The third kappa shape index (κ3) is 6.02. The number of carbonyl (C=O) groups is 2. The fourth-order valence-corrected chi connectivity index (χ4v) is 5.21. The van der Waals surface area contributed by atoms with Crippen LogP contribution in [-0.2, 0) is 24.3 Å². The van der Waals surface area contributed by atoms with Gasteiger partial charge in [0.15, 0.2) is 6.61 Å². The van der Waals surface area contributed by atoms with Crippen molar-refractivity contribution in [1.82, 2.24) is 4.31 Å². The SMILES string of the molecule is O=C(COc1cccc(NC(=O)C2CC2)c1)Nc1ccc(Cl)c(S(=O)(=O)N2CCOCC2)c1. The number of sulfonamides is 1. The van der Waals surface area contributed by atoms with Gasteiger partial charge in [0, 0.05) is 36.4 Å². The molecule has 0 radical (unpaired) electrons. The lowest BCUT2D eigenvalue weighted by Gasteiger charge is -2.26. The van der Waals surface area contributed by atoms with Crippen LogP contribution in [0.2, 0.25) is 5.02 Å². The van der Waals surface area contributed by atoms with Crippen LogP contribution in [0.3, 0.4) is 0 Å². The van der Waals surface area contributed by atoms with Gasteiger partial charge in [-0.2, -0.15) is 4.31 Å². The third-order valence-corrected chi connectivity index (χ3v) is 7.60. The molecule has 2 aromatic rings. The second-order valence-corrected chi connectivity index (χ2v) is 10.1. The standard InChI is InChI=1S/C22H24ClN3O6S/c23-19-7-6-17(13-20(19)33(29,30)26-8-10-31-11-9-26)24-21(27)14-32-18-3-1-2-16(12-18)25-22(28)15-4-5-15/h1-3,6-7,12-13,15H,4-5,8-11,14H2,(H,24,27)(H,25,28). The lowest BCUT2D eigenvalue weighted by molar-refractivity contribution is -0.118. The van der Waals surface area contributed by atoms with Crippen molar-refractivity contribution >= 4 is 44.8 Å². The molecule has 1 saturated carbocycles. The van der Waals surface area contributed by atoms with Gasteiger partial charge >= 0.3 is 0 Å².